The summed E-state index contributed by atoms with van der Waals surface area (Å²) in [4.78, 5) is 27.6. The number of hydrogen-bond acceptors (Lipinski definition) is 6. The largest absolute Gasteiger partial charge is 0.463 e. The van der Waals surface area contributed by atoms with E-state index >= 15 is 0 Å². The van der Waals surface area contributed by atoms with Gasteiger partial charge in [0.15, 0.2) is 6.23 Å². The standard InChI is InChI=1S/C17H26N2O5/c1-6-23-15(21)12-9-11-10-19(16(22)24-17(2,3)4)8-7-13(11)18(5)14(12)20/h9,14,20H,6-8,10H2,1-5H3. The van der Waals surface area contributed by atoms with Crippen LogP contribution in [0.1, 0.15) is 34.1 Å². The molecule has 0 saturated heterocycles. The Balaban J connectivity index is 2.21. The molecule has 1 atom stereocenters. The predicted octanol–water partition coefficient (Wildman–Crippen LogP) is 1.63. The summed E-state index contributed by atoms with van der Waals surface area (Å²) < 4.78 is 10.4. The molecular weight excluding hydrogens is 312 g/mol. The number of ether oxygens (including phenoxy) is 2. The molecule has 24 heavy (non-hydrogen) atoms. The summed E-state index contributed by atoms with van der Waals surface area (Å²) in [5.74, 6) is -0.544. The number of aliphatic hydroxyl groups excluding tert-OH is 1. The zero-order valence-corrected chi connectivity index (χ0v) is 15.0. The first-order chi connectivity index (χ1) is 11.1. The zero-order chi connectivity index (χ0) is 18.1. The zero-order valence-electron chi connectivity index (χ0n) is 15.0. The molecule has 0 aromatic rings. The maximum Gasteiger partial charge on any atom is 0.410 e. The van der Waals surface area contributed by atoms with Crippen molar-refractivity contribution in [3.05, 3.63) is 22.9 Å². The van der Waals surface area contributed by atoms with E-state index in [0.717, 1.165) is 11.3 Å². The van der Waals surface area contributed by atoms with Gasteiger partial charge in [0.2, 0.25) is 0 Å². The molecule has 0 saturated carbocycles. The minimum atomic E-state index is -1.03. The Kier molecular flexibility index (Phi) is 5.22. The van der Waals surface area contributed by atoms with Crippen LogP contribution in [0, 0.1) is 0 Å². The van der Waals surface area contributed by atoms with E-state index in [1.165, 1.54) is 0 Å². The number of hydrogen-bond donors (Lipinski definition) is 1. The van der Waals surface area contributed by atoms with E-state index in [0.29, 0.717) is 19.5 Å². The third kappa shape index (κ3) is 3.90. The van der Waals surface area contributed by atoms with Crippen LogP contribution >= 0.6 is 0 Å². The van der Waals surface area contributed by atoms with Crippen LogP contribution in [0.5, 0.6) is 0 Å². The summed E-state index contributed by atoms with van der Waals surface area (Å²) in [5.41, 5.74) is 1.37. The van der Waals surface area contributed by atoms with Crippen LogP contribution in [0.15, 0.2) is 22.9 Å². The number of carbonyl (C=O) groups excluding carboxylic acids is 2. The van der Waals surface area contributed by atoms with Gasteiger partial charge in [-0.3, -0.25) is 0 Å². The van der Waals surface area contributed by atoms with Crippen molar-refractivity contribution in [1.29, 1.82) is 0 Å². The number of aliphatic hydroxyl groups is 1. The van der Waals surface area contributed by atoms with Gasteiger partial charge in [-0.15, -0.1) is 0 Å². The van der Waals surface area contributed by atoms with E-state index in [4.69, 9.17) is 9.47 Å². The fourth-order valence-electron chi connectivity index (χ4n) is 2.79. The monoisotopic (exact) mass is 338 g/mol. The summed E-state index contributed by atoms with van der Waals surface area (Å²) in [7, 11) is 1.73. The van der Waals surface area contributed by atoms with Crippen molar-refractivity contribution >= 4 is 12.1 Å². The van der Waals surface area contributed by atoms with Gasteiger partial charge in [-0.2, -0.15) is 0 Å². The van der Waals surface area contributed by atoms with Crippen molar-refractivity contribution < 1.29 is 24.2 Å². The molecule has 2 heterocycles. The lowest BCUT2D eigenvalue weighted by atomic mass is 9.97. The topological polar surface area (TPSA) is 79.3 Å². The van der Waals surface area contributed by atoms with Gasteiger partial charge in [0.25, 0.3) is 0 Å². The molecule has 0 fully saturated rings. The van der Waals surface area contributed by atoms with Crippen molar-refractivity contribution in [2.45, 2.75) is 45.9 Å². The van der Waals surface area contributed by atoms with Crippen LogP contribution in [-0.2, 0) is 14.3 Å². The lowest BCUT2D eigenvalue weighted by Crippen LogP contribution is -2.46. The minimum absolute atomic E-state index is 0.184. The lowest BCUT2D eigenvalue weighted by Gasteiger charge is -2.39. The van der Waals surface area contributed by atoms with Crippen molar-refractivity contribution in [3.63, 3.8) is 0 Å². The second-order valence-corrected chi connectivity index (χ2v) is 6.93. The van der Waals surface area contributed by atoms with Gasteiger partial charge in [0.05, 0.1) is 18.7 Å². The average molecular weight is 338 g/mol. The molecule has 0 aromatic heterocycles. The van der Waals surface area contributed by atoms with Crippen LogP contribution in [-0.4, -0.2) is 65.5 Å². The number of esters is 1. The SMILES string of the molecule is CCOC(=O)C1=CC2=C(CCN(C(=O)OC(C)(C)C)C2)N(C)C1O. The fourth-order valence-corrected chi connectivity index (χ4v) is 2.79. The number of nitrogens with zero attached hydrogens (tertiary/aromatic N) is 2. The Bertz CT molecular complexity index is 588. The van der Waals surface area contributed by atoms with Crippen LogP contribution in [0.4, 0.5) is 4.79 Å². The van der Waals surface area contributed by atoms with Crippen LogP contribution in [0.25, 0.3) is 0 Å². The second kappa shape index (κ2) is 6.84. The Morgan fingerprint density at radius 3 is 2.62 bits per heavy atom. The molecule has 1 N–H and O–H groups in total. The van der Waals surface area contributed by atoms with Crippen LogP contribution < -0.4 is 0 Å². The van der Waals surface area contributed by atoms with Gasteiger partial charge >= 0.3 is 12.1 Å². The highest BCUT2D eigenvalue weighted by Crippen LogP contribution is 2.31. The molecule has 134 valence electrons. The molecule has 2 rings (SSSR count). The highest BCUT2D eigenvalue weighted by Gasteiger charge is 2.35. The van der Waals surface area contributed by atoms with Crippen molar-refractivity contribution in [2.24, 2.45) is 0 Å². The quantitative estimate of drug-likeness (QED) is 0.771. The smallest absolute Gasteiger partial charge is 0.410 e. The first-order valence-corrected chi connectivity index (χ1v) is 8.13. The molecule has 0 aromatic carbocycles. The second-order valence-electron chi connectivity index (χ2n) is 6.93. The molecule has 0 radical (unpaired) electrons. The number of rotatable bonds is 2. The number of likely N-dealkylation sites (N-methyl/N-ethyl adjacent to an activating group) is 1. The summed E-state index contributed by atoms with van der Waals surface area (Å²) in [6, 6.07) is 0. The van der Waals surface area contributed by atoms with Gasteiger partial charge in [0, 0.05) is 25.7 Å². The first-order valence-electron chi connectivity index (χ1n) is 8.13. The number of carbonyl (C=O) groups is 2. The lowest BCUT2D eigenvalue weighted by molar-refractivity contribution is -0.140. The van der Waals surface area contributed by atoms with E-state index in [1.807, 2.05) is 20.8 Å². The third-order valence-electron chi connectivity index (χ3n) is 3.91. The summed E-state index contributed by atoms with van der Waals surface area (Å²) in [5, 5.41) is 10.3. The molecular formula is C17H26N2O5. The van der Waals surface area contributed by atoms with Crippen molar-refractivity contribution in [2.75, 3.05) is 26.7 Å². The Labute approximate surface area is 142 Å². The third-order valence-corrected chi connectivity index (χ3v) is 3.91. The molecule has 7 heteroatoms. The molecule has 2 aliphatic heterocycles. The van der Waals surface area contributed by atoms with E-state index < -0.39 is 17.8 Å². The summed E-state index contributed by atoms with van der Waals surface area (Å²) >= 11 is 0. The maximum atomic E-state index is 12.3. The Hall–Kier alpha value is -2.02. The molecule has 0 spiro atoms. The molecule has 1 amide bonds. The Morgan fingerprint density at radius 1 is 1.38 bits per heavy atom. The summed E-state index contributed by atoms with van der Waals surface area (Å²) in [6.45, 7) is 8.27. The van der Waals surface area contributed by atoms with Crippen LogP contribution in [0.2, 0.25) is 0 Å². The average Bonchev–Trinajstić information content (AvgIpc) is 2.48. The molecule has 0 aliphatic carbocycles. The molecule has 7 nitrogen and oxygen atoms in total. The van der Waals surface area contributed by atoms with Crippen molar-refractivity contribution in [1.82, 2.24) is 9.80 Å². The van der Waals surface area contributed by atoms with Crippen molar-refractivity contribution in [3.8, 4) is 0 Å². The van der Waals surface area contributed by atoms with Gasteiger partial charge in [-0.1, -0.05) is 0 Å². The highest BCUT2D eigenvalue weighted by molar-refractivity contribution is 5.90. The molecule has 2 aliphatic rings. The van der Waals surface area contributed by atoms with Gasteiger partial charge in [-0.25, -0.2) is 9.59 Å². The van der Waals surface area contributed by atoms with Crippen LogP contribution in [0.3, 0.4) is 0 Å². The van der Waals surface area contributed by atoms with E-state index in [9.17, 15) is 14.7 Å². The molecule has 0 bridgehead atoms. The van der Waals surface area contributed by atoms with Gasteiger partial charge in [0.1, 0.15) is 5.60 Å². The maximum absolute atomic E-state index is 12.3. The van der Waals surface area contributed by atoms with E-state index in [2.05, 4.69) is 0 Å². The van der Waals surface area contributed by atoms with E-state index in [-0.39, 0.29) is 18.3 Å². The Morgan fingerprint density at radius 2 is 2.04 bits per heavy atom. The predicted molar refractivity (Wildman–Crippen MR) is 87.9 cm³/mol. The summed E-state index contributed by atoms with van der Waals surface area (Å²) in [6.07, 6.45) is 0.813. The van der Waals surface area contributed by atoms with Gasteiger partial charge in [-0.05, 0) is 39.3 Å². The van der Waals surface area contributed by atoms with Gasteiger partial charge < -0.3 is 24.4 Å². The number of amides is 1. The fraction of sp³-hybridized carbons (Fsp3) is 0.647. The minimum Gasteiger partial charge on any atom is -0.463 e. The normalized spacial score (nSPS) is 21.2. The molecule has 1 unspecified atom stereocenters. The first kappa shape index (κ1) is 18.3. The van der Waals surface area contributed by atoms with E-state index in [1.54, 1.807) is 29.8 Å². The highest BCUT2D eigenvalue weighted by atomic mass is 16.6.